The predicted octanol–water partition coefficient (Wildman–Crippen LogP) is 0.844. The van der Waals surface area contributed by atoms with E-state index in [9.17, 15) is 0 Å². The van der Waals surface area contributed by atoms with E-state index in [1.165, 1.54) is 11.3 Å². The van der Waals surface area contributed by atoms with E-state index >= 15 is 0 Å². The van der Waals surface area contributed by atoms with Crippen LogP contribution in [0.25, 0.3) is 0 Å². The summed E-state index contributed by atoms with van der Waals surface area (Å²) in [5.74, 6) is 0. The van der Waals surface area contributed by atoms with Crippen LogP contribution in [0.4, 0.5) is 0 Å². The van der Waals surface area contributed by atoms with Crippen molar-refractivity contribution in [3.05, 3.63) is 21.3 Å². The molecule has 0 fully saturated rings. The van der Waals surface area contributed by atoms with Crippen molar-refractivity contribution in [2.45, 2.75) is 12.6 Å². The quantitative estimate of drug-likeness (QED) is 0.691. The molecule has 1 aromatic rings. The molecular weight excluding hydrogens is 210 g/mol. The fourth-order valence-electron chi connectivity index (χ4n) is 0.879. The van der Waals surface area contributed by atoms with Crippen LogP contribution in [0.15, 0.2) is 12.1 Å². The third-order valence-electron chi connectivity index (χ3n) is 1.63. The molecule has 1 heterocycles. The number of rotatable bonds is 5. The van der Waals surface area contributed by atoms with Crippen LogP contribution in [-0.4, -0.2) is 29.5 Å². The van der Waals surface area contributed by atoms with Crippen LogP contribution in [0.3, 0.4) is 0 Å². The van der Waals surface area contributed by atoms with Gasteiger partial charge in [0.15, 0.2) is 0 Å². The van der Waals surface area contributed by atoms with Crippen molar-refractivity contribution in [3.8, 4) is 0 Å². The summed E-state index contributed by atoms with van der Waals surface area (Å²) < 4.78 is 0.751. The molecule has 0 atom stereocenters. The first-order valence-corrected chi connectivity index (χ1v) is 5.15. The van der Waals surface area contributed by atoms with Gasteiger partial charge in [-0.05, 0) is 12.1 Å². The fourth-order valence-corrected chi connectivity index (χ4v) is 1.92. The number of hydrogen-bond donors (Lipinski definition) is 3. The van der Waals surface area contributed by atoms with Gasteiger partial charge in [0.1, 0.15) is 0 Å². The van der Waals surface area contributed by atoms with Crippen LogP contribution >= 0.6 is 22.9 Å². The minimum absolute atomic E-state index is 0.0599. The third kappa shape index (κ3) is 3.62. The van der Waals surface area contributed by atoms with Crippen molar-refractivity contribution in [1.29, 1.82) is 0 Å². The van der Waals surface area contributed by atoms with E-state index < -0.39 is 0 Å². The van der Waals surface area contributed by atoms with Gasteiger partial charge in [0.25, 0.3) is 0 Å². The molecule has 13 heavy (non-hydrogen) atoms. The highest BCUT2D eigenvalue weighted by molar-refractivity contribution is 7.16. The highest BCUT2D eigenvalue weighted by Crippen LogP contribution is 2.20. The summed E-state index contributed by atoms with van der Waals surface area (Å²) in [6.07, 6.45) is 0. The van der Waals surface area contributed by atoms with E-state index in [1.807, 2.05) is 12.1 Å². The van der Waals surface area contributed by atoms with Crippen LogP contribution in [0.2, 0.25) is 4.34 Å². The van der Waals surface area contributed by atoms with E-state index in [0.29, 0.717) is 6.54 Å². The summed E-state index contributed by atoms with van der Waals surface area (Å²) in [6.45, 7) is 0.508. The Morgan fingerprint density at radius 3 is 2.54 bits per heavy atom. The lowest BCUT2D eigenvalue weighted by atomic mass is 10.3. The molecule has 0 aliphatic carbocycles. The Labute approximate surface area is 86.0 Å². The maximum atomic E-state index is 8.76. The topological polar surface area (TPSA) is 52.5 Å². The van der Waals surface area contributed by atoms with Crippen LogP contribution < -0.4 is 5.32 Å². The first-order valence-electron chi connectivity index (χ1n) is 3.95. The zero-order valence-electron chi connectivity index (χ0n) is 7.03. The number of hydrogen-bond acceptors (Lipinski definition) is 4. The minimum Gasteiger partial charge on any atom is -0.395 e. The average molecular weight is 222 g/mol. The highest BCUT2D eigenvalue weighted by Gasteiger charge is 2.05. The minimum atomic E-state index is -0.249. The smallest absolute Gasteiger partial charge is 0.0931 e. The maximum absolute atomic E-state index is 8.76. The molecule has 0 aromatic carbocycles. The lowest BCUT2D eigenvalue weighted by Gasteiger charge is -2.11. The van der Waals surface area contributed by atoms with E-state index in [1.54, 1.807) is 0 Å². The molecule has 1 rings (SSSR count). The van der Waals surface area contributed by atoms with Crippen molar-refractivity contribution in [2.75, 3.05) is 13.2 Å². The molecule has 5 heteroatoms. The molecule has 0 aliphatic rings. The Hall–Kier alpha value is -0.130. The normalized spacial score (nSPS) is 11.1. The Morgan fingerprint density at radius 2 is 2.08 bits per heavy atom. The SMILES string of the molecule is OCC(CO)NCc1ccc(Cl)s1. The largest absolute Gasteiger partial charge is 0.395 e. The Balaban J connectivity index is 2.33. The molecular formula is C8H12ClNO2S. The first kappa shape index (κ1) is 10.9. The summed E-state index contributed by atoms with van der Waals surface area (Å²) in [6, 6.07) is 3.50. The van der Waals surface area contributed by atoms with Gasteiger partial charge in [0, 0.05) is 11.4 Å². The Morgan fingerprint density at radius 1 is 1.38 bits per heavy atom. The molecule has 74 valence electrons. The molecule has 3 nitrogen and oxygen atoms in total. The standard InChI is InChI=1S/C8H12ClNO2S/c9-8-2-1-7(13-8)3-10-6(4-11)5-12/h1-2,6,10-12H,3-5H2. The average Bonchev–Trinajstić information content (AvgIpc) is 2.53. The molecule has 0 bridgehead atoms. The predicted molar refractivity (Wildman–Crippen MR) is 54.1 cm³/mol. The van der Waals surface area contributed by atoms with Gasteiger partial charge in [-0.3, -0.25) is 0 Å². The summed E-state index contributed by atoms with van der Waals surface area (Å²) in [4.78, 5) is 1.09. The van der Waals surface area contributed by atoms with Gasteiger partial charge in [0.05, 0.1) is 23.6 Å². The molecule has 0 saturated heterocycles. The molecule has 0 radical (unpaired) electrons. The van der Waals surface area contributed by atoms with E-state index in [0.717, 1.165) is 9.21 Å². The van der Waals surface area contributed by atoms with Crippen LogP contribution in [0, 0.1) is 0 Å². The molecule has 0 saturated carbocycles. The third-order valence-corrected chi connectivity index (χ3v) is 2.87. The van der Waals surface area contributed by atoms with Crippen molar-refractivity contribution in [1.82, 2.24) is 5.32 Å². The lowest BCUT2D eigenvalue weighted by Crippen LogP contribution is -2.34. The van der Waals surface area contributed by atoms with E-state index in [-0.39, 0.29) is 19.3 Å². The Kier molecular flexibility index (Phi) is 4.69. The molecule has 3 N–H and O–H groups in total. The molecule has 1 aromatic heterocycles. The lowest BCUT2D eigenvalue weighted by molar-refractivity contribution is 0.170. The second kappa shape index (κ2) is 5.57. The van der Waals surface area contributed by atoms with Crippen molar-refractivity contribution < 1.29 is 10.2 Å². The second-order valence-corrected chi connectivity index (χ2v) is 4.45. The van der Waals surface area contributed by atoms with E-state index in [4.69, 9.17) is 21.8 Å². The number of aliphatic hydroxyl groups is 2. The fraction of sp³-hybridized carbons (Fsp3) is 0.500. The van der Waals surface area contributed by atoms with E-state index in [2.05, 4.69) is 5.32 Å². The summed E-state index contributed by atoms with van der Waals surface area (Å²) in [5.41, 5.74) is 0. The Bertz CT molecular complexity index is 250. The molecule has 0 spiro atoms. The first-order chi connectivity index (χ1) is 6.26. The van der Waals surface area contributed by atoms with Crippen LogP contribution in [0.1, 0.15) is 4.88 Å². The number of halogens is 1. The zero-order chi connectivity index (χ0) is 9.68. The van der Waals surface area contributed by atoms with Gasteiger partial charge in [-0.25, -0.2) is 0 Å². The van der Waals surface area contributed by atoms with Gasteiger partial charge in [-0.2, -0.15) is 0 Å². The van der Waals surface area contributed by atoms with Gasteiger partial charge in [-0.1, -0.05) is 11.6 Å². The molecule has 0 unspecified atom stereocenters. The van der Waals surface area contributed by atoms with Crippen LogP contribution in [0.5, 0.6) is 0 Å². The van der Waals surface area contributed by atoms with Crippen molar-refractivity contribution in [3.63, 3.8) is 0 Å². The monoisotopic (exact) mass is 221 g/mol. The van der Waals surface area contributed by atoms with Gasteiger partial charge < -0.3 is 15.5 Å². The van der Waals surface area contributed by atoms with Crippen molar-refractivity contribution in [2.24, 2.45) is 0 Å². The van der Waals surface area contributed by atoms with Gasteiger partial charge in [-0.15, -0.1) is 11.3 Å². The van der Waals surface area contributed by atoms with Gasteiger partial charge in [0.2, 0.25) is 0 Å². The maximum Gasteiger partial charge on any atom is 0.0931 e. The molecule has 0 amide bonds. The summed E-state index contributed by atoms with van der Waals surface area (Å²) in [5, 5.41) is 20.5. The van der Waals surface area contributed by atoms with Gasteiger partial charge >= 0.3 is 0 Å². The van der Waals surface area contributed by atoms with Crippen LogP contribution in [-0.2, 0) is 6.54 Å². The number of nitrogens with one attached hydrogen (secondary N) is 1. The highest BCUT2D eigenvalue weighted by atomic mass is 35.5. The second-order valence-electron chi connectivity index (χ2n) is 2.65. The molecule has 0 aliphatic heterocycles. The summed E-state index contributed by atoms with van der Waals surface area (Å²) >= 11 is 7.23. The number of thiophene rings is 1. The summed E-state index contributed by atoms with van der Waals surface area (Å²) in [7, 11) is 0. The number of aliphatic hydroxyl groups excluding tert-OH is 2. The van der Waals surface area contributed by atoms with Crippen molar-refractivity contribution >= 4 is 22.9 Å². The zero-order valence-corrected chi connectivity index (χ0v) is 8.61.